The monoisotopic (exact) mass is 354 g/mol. The molecule has 0 spiro atoms. The number of Topliss-reactive ketones (excluding diaryl/α,β-unsaturated/α-hetero) is 1. The Hall–Kier alpha value is -2.86. The zero-order valence-corrected chi connectivity index (χ0v) is 14.7. The molecule has 3 rings (SSSR count). The third-order valence-electron chi connectivity index (χ3n) is 4.16. The number of anilines is 2. The molecule has 26 heavy (non-hydrogen) atoms. The second-order valence-corrected chi connectivity index (χ2v) is 6.03. The van der Waals surface area contributed by atoms with E-state index in [1.165, 1.54) is 6.92 Å². The van der Waals surface area contributed by atoms with Gasteiger partial charge in [-0.05, 0) is 43.3 Å². The van der Waals surface area contributed by atoms with E-state index in [1.807, 2.05) is 24.3 Å². The van der Waals surface area contributed by atoms with E-state index in [4.69, 9.17) is 9.47 Å². The summed E-state index contributed by atoms with van der Waals surface area (Å²) < 4.78 is 10.9. The van der Waals surface area contributed by atoms with Gasteiger partial charge in [-0.3, -0.25) is 9.59 Å². The molecule has 0 bridgehead atoms. The van der Waals surface area contributed by atoms with Crippen LogP contribution in [0.3, 0.4) is 0 Å². The van der Waals surface area contributed by atoms with Crippen molar-refractivity contribution in [1.29, 1.82) is 0 Å². The van der Waals surface area contributed by atoms with Crippen molar-refractivity contribution >= 4 is 23.1 Å². The summed E-state index contributed by atoms with van der Waals surface area (Å²) in [5, 5.41) is 2.91. The average molecular weight is 354 g/mol. The molecule has 1 amide bonds. The number of nitrogens with one attached hydrogen (secondary N) is 1. The van der Waals surface area contributed by atoms with Crippen LogP contribution in [-0.2, 0) is 9.53 Å². The summed E-state index contributed by atoms with van der Waals surface area (Å²) in [4.78, 5) is 25.7. The summed E-state index contributed by atoms with van der Waals surface area (Å²) in [6, 6.07) is 14.4. The van der Waals surface area contributed by atoms with Gasteiger partial charge in [-0.1, -0.05) is 12.1 Å². The van der Waals surface area contributed by atoms with Crippen molar-refractivity contribution in [3.8, 4) is 5.75 Å². The van der Waals surface area contributed by atoms with Crippen LogP contribution < -0.4 is 15.0 Å². The first kappa shape index (κ1) is 17.9. The van der Waals surface area contributed by atoms with Crippen molar-refractivity contribution in [2.75, 3.05) is 43.1 Å². The van der Waals surface area contributed by atoms with E-state index in [0.29, 0.717) is 24.5 Å². The van der Waals surface area contributed by atoms with Crippen LogP contribution >= 0.6 is 0 Å². The average Bonchev–Trinajstić information content (AvgIpc) is 2.68. The lowest BCUT2D eigenvalue weighted by molar-refractivity contribution is -0.118. The number of carbonyl (C=O) groups excluding carboxylic acids is 2. The third-order valence-corrected chi connectivity index (χ3v) is 4.16. The van der Waals surface area contributed by atoms with Crippen molar-refractivity contribution in [2.45, 2.75) is 6.92 Å². The van der Waals surface area contributed by atoms with Gasteiger partial charge in [-0.25, -0.2) is 0 Å². The second kappa shape index (κ2) is 8.49. The molecule has 0 saturated carbocycles. The predicted molar refractivity (Wildman–Crippen MR) is 100 cm³/mol. The fourth-order valence-electron chi connectivity index (χ4n) is 2.78. The maximum Gasteiger partial charge on any atom is 0.262 e. The first-order valence-electron chi connectivity index (χ1n) is 8.59. The minimum Gasteiger partial charge on any atom is -0.484 e. The Balaban J connectivity index is 1.59. The van der Waals surface area contributed by atoms with E-state index in [2.05, 4.69) is 10.2 Å². The first-order chi connectivity index (χ1) is 12.6. The standard InChI is InChI=1S/C20H22N2O4/c1-15(23)16-6-8-17(9-7-16)26-14-20(24)21-18-4-2-3-5-19(18)22-10-12-25-13-11-22/h2-9H,10-14H2,1H3,(H,21,24). The normalized spacial score (nSPS) is 14.0. The van der Waals surface area contributed by atoms with Crippen LogP contribution in [-0.4, -0.2) is 44.6 Å². The van der Waals surface area contributed by atoms with E-state index in [1.54, 1.807) is 24.3 Å². The van der Waals surface area contributed by atoms with Crippen molar-refractivity contribution in [3.63, 3.8) is 0 Å². The van der Waals surface area contributed by atoms with E-state index in [-0.39, 0.29) is 18.3 Å². The van der Waals surface area contributed by atoms with Gasteiger partial charge >= 0.3 is 0 Å². The van der Waals surface area contributed by atoms with E-state index in [0.717, 1.165) is 24.5 Å². The number of rotatable bonds is 6. The lowest BCUT2D eigenvalue weighted by Gasteiger charge is -2.30. The van der Waals surface area contributed by atoms with Crippen molar-refractivity contribution in [1.82, 2.24) is 0 Å². The van der Waals surface area contributed by atoms with Gasteiger partial charge in [0.25, 0.3) is 5.91 Å². The lowest BCUT2D eigenvalue weighted by Crippen LogP contribution is -2.36. The molecule has 136 valence electrons. The number of hydrogen-bond donors (Lipinski definition) is 1. The number of amides is 1. The first-order valence-corrected chi connectivity index (χ1v) is 8.59. The number of para-hydroxylation sites is 2. The highest BCUT2D eigenvalue weighted by molar-refractivity contribution is 5.95. The number of nitrogens with zero attached hydrogens (tertiary/aromatic N) is 1. The van der Waals surface area contributed by atoms with Crippen LogP contribution in [0.4, 0.5) is 11.4 Å². The number of ether oxygens (including phenoxy) is 2. The molecule has 2 aromatic rings. The maximum absolute atomic E-state index is 12.3. The maximum atomic E-state index is 12.3. The summed E-state index contributed by atoms with van der Waals surface area (Å²) >= 11 is 0. The van der Waals surface area contributed by atoms with Crippen LogP contribution in [0.15, 0.2) is 48.5 Å². The molecular weight excluding hydrogens is 332 g/mol. The molecule has 1 fully saturated rings. The Kier molecular flexibility index (Phi) is 5.86. The second-order valence-electron chi connectivity index (χ2n) is 6.03. The smallest absolute Gasteiger partial charge is 0.262 e. The molecule has 1 aliphatic heterocycles. The summed E-state index contributed by atoms with van der Waals surface area (Å²) in [5.41, 5.74) is 2.35. The van der Waals surface area contributed by atoms with E-state index in [9.17, 15) is 9.59 Å². The SMILES string of the molecule is CC(=O)c1ccc(OCC(=O)Nc2ccccc2N2CCOCC2)cc1. The van der Waals surface area contributed by atoms with Crippen LogP contribution in [0.25, 0.3) is 0 Å². The Morgan fingerprint density at radius 1 is 1.08 bits per heavy atom. The van der Waals surface area contributed by atoms with E-state index >= 15 is 0 Å². The molecule has 1 N–H and O–H groups in total. The van der Waals surface area contributed by atoms with E-state index < -0.39 is 0 Å². The van der Waals surface area contributed by atoms with Gasteiger partial charge in [-0.2, -0.15) is 0 Å². The lowest BCUT2D eigenvalue weighted by atomic mass is 10.1. The van der Waals surface area contributed by atoms with Gasteiger partial charge in [-0.15, -0.1) is 0 Å². The van der Waals surface area contributed by atoms with Crippen LogP contribution in [0, 0.1) is 0 Å². The molecule has 1 aliphatic rings. The Bertz CT molecular complexity index is 768. The summed E-state index contributed by atoms with van der Waals surface area (Å²) in [6.07, 6.45) is 0. The highest BCUT2D eigenvalue weighted by Gasteiger charge is 2.15. The van der Waals surface area contributed by atoms with Gasteiger partial charge in [0.1, 0.15) is 5.75 Å². The van der Waals surface area contributed by atoms with Gasteiger partial charge in [0, 0.05) is 18.7 Å². The molecule has 0 radical (unpaired) electrons. The minimum atomic E-state index is -0.235. The Morgan fingerprint density at radius 2 is 1.77 bits per heavy atom. The summed E-state index contributed by atoms with van der Waals surface area (Å²) in [7, 11) is 0. The highest BCUT2D eigenvalue weighted by atomic mass is 16.5. The highest BCUT2D eigenvalue weighted by Crippen LogP contribution is 2.26. The van der Waals surface area contributed by atoms with Crippen LogP contribution in [0.1, 0.15) is 17.3 Å². The molecule has 2 aromatic carbocycles. The molecule has 0 aromatic heterocycles. The van der Waals surface area contributed by atoms with Crippen molar-refractivity contribution in [2.24, 2.45) is 0 Å². The number of benzene rings is 2. The fraction of sp³-hybridized carbons (Fsp3) is 0.300. The molecule has 0 unspecified atom stereocenters. The van der Waals surface area contributed by atoms with Gasteiger partial charge < -0.3 is 19.7 Å². The molecule has 0 aliphatic carbocycles. The van der Waals surface area contributed by atoms with Crippen LogP contribution in [0.2, 0.25) is 0 Å². The Labute approximate surface area is 152 Å². The molecular formula is C20H22N2O4. The molecule has 6 nitrogen and oxygen atoms in total. The zero-order chi connectivity index (χ0) is 18.4. The number of ketones is 1. The molecule has 0 atom stereocenters. The Morgan fingerprint density at radius 3 is 2.46 bits per heavy atom. The minimum absolute atomic E-state index is 0.00554. The number of carbonyl (C=O) groups is 2. The predicted octanol–water partition coefficient (Wildman–Crippen LogP) is 2.74. The van der Waals surface area contributed by atoms with Crippen LogP contribution in [0.5, 0.6) is 5.75 Å². The molecule has 1 saturated heterocycles. The topological polar surface area (TPSA) is 67.9 Å². The fourth-order valence-corrected chi connectivity index (χ4v) is 2.78. The third kappa shape index (κ3) is 4.61. The number of morpholine rings is 1. The van der Waals surface area contributed by atoms with Gasteiger partial charge in [0.2, 0.25) is 0 Å². The largest absolute Gasteiger partial charge is 0.484 e. The molecule has 6 heteroatoms. The number of hydrogen-bond acceptors (Lipinski definition) is 5. The van der Waals surface area contributed by atoms with Crippen molar-refractivity contribution < 1.29 is 19.1 Å². The molecule has 1 heterocycles. The summed E-state index contributed by atoms with van der Waals surface area (Å²) in [5.74, 6) is 0.307. The van der Waals surface area contributed by atoms with Gasteiger partial charge in [0.15, 0.2) is 12.4 Å². The van der Waals surface area contributed by atoms with Gasteiger partial charge in [0.05, 0.1) is 24.6 Å². The quantitative estimate of drug-likeness (QED) is 0.808. The zero-order valence-electron chi connectivity index (χ0n) is 14.7. The summed E-state index contributed by atoms with van der Waals surface area (Å²) in [6.45, 7) is 4.37. The van der Waals surface area contributed by atoms with Crippen molar-refractivity contribution in [3.05, 3.63) is 54.1 Å².